The van der Waals surface area contributed by atoms with Gasteiger partial charge in [-0.1, -0.05) is 12.1 Å². The maximum absolute atomic E-state index is 12.7. The van der Waals surface area contributed by atoms with Crippen molar-refractivity contribution in [2.75, 3.05) is 19.7 Å². The van der Waals surface area contributed by atoms with Crippen LogP contribution in [0.4, 0.5) is 0 Å². The highest BCUT2D eigenvalue weighted by Crippen LogP contribution is 2.31. The van der Waals surface area contributed by atoms with Crippen LogP contribution >= 0.6 is 11.8 Å². The number of furan rings is 1. The van der Waals surface area contributed by atoms with E-state index in [1.807, 2.05) is 4.90 Å². The van der Waals surface area contributed by atoms with Gasteiger partial charge in [-0.05, 0) is 68.3 Å². The molecular formula is C26H25N5O5S. The summed E-state index contributed by atoms with van der Waals surface area (Å²) in [6.07, 6.45) is 4.70. The Bertz CT molecular complexity index is 1370. The van der Waals surface area contributed by atoms with Gasteiger partial charge in [0.05, 0.1) is 24.2 Å². The number of amidine groups is 2. The smallest absolute Gasteiger partial charge is 0.338 e. The SMILES string of the molecule is CCOC(=O)c1cccc(-c2ccc(C=C3C(=N)N4N=C(CC(=O)N5CCCCC5)SC4=NC3=O)o2)c1. The summed E-state index contributed by atoms with van der Waals surface area (Å²) in [7, 11) is 0. The van der Waals surface area contributed by atoms with Gasteiger partial charge in [0.15, 0.2) is 5.84 Å². The zero-order valence-corrected chi connectivity index (χ0v) is 21.0. The average molecular weight is 520 g/mol. The number of ether oxygens (including phenoxy) is 1. The molecule has 190 valence electrons. The Morgan fingerprint density at radius 2 is 2.00 bits per heavy atom. The monoisotopic (exact) mass is 519 g/mol. The number of piperidine rings is 1. The number of rotatable bonds is 6. The maximum atomic E-state index is 12.7. The molecule has 1 aromatic carbocycles. The van der Waals surface area contributed by atoms with Gasteiger partial charge >= 0.3 is 5.97 Å². The number of thioether (sulfide) groups is 1. The van der Waals surface area contributed by atoms with Crippen LogP contribution in [-0.2, 0) is 14.3 Å². The quantitative estimate of drug-likeness (QED) is 0.448. The van der Waals surface area contributed by atoms with Crippen molar-refractivity contribution in [3.63, 3.8) is 0 Å². The molecule has 0 unspecified atom stereocenters. The van der Waals surface area contributed by atoms with Crippen molar-refractivity contribution in [2.24, 2.45) is 10.1 Å². The van der Waals surface area contributed by atoms with Gasteiger partial charge in [-0.3, -0.25) is 15.0 Å². The highest BCUT2D eigenvalue weighted by molar-refractivity contribution is 8.27. The number of likely N-dealkylation sites (tertiary alicyclic amines) is 1. The Morgan fingerprint density at radius 1 is 1.19 bits per heavy atom. The van der Waals surface area contributed by atoms with Crippen molar-refractivity contribution in [2.45, 2.75) is 32.6 Å². The minimum Gasteiger partial charge on any atom is -0.462 e. The molecule has 11 heteroatoms. The Morgan fingerprint density at radius 3 is 2.78 bits per heavy atom. The molecule has 37 heavy (non-hydrogen) atoms. The second kappa shape index (κ2) is 10.6. The first-order valence-corrected chi connectivity index (χ1v) is 12.9. The Labute approximate surface area is 217 Å². The van der Waals surface area contributed by atoms with Crippen LogP contribution in [0, 0.1) is 5.41 Å². The number of benzene rings is 1. The number of nitrogens with zero attached hydrogens (tertiary/aromatic N) is 4. The van der Waals surface area contributed by atoms with E-state index in [4.69, 9.17) is 14.6 Å². The fraction of sp³-hybridized carbons (Fsp3) is 0.308. The van der Waals surface area contributed by atoms with Gasteiger partial charge in [0.1, 0.15) is 16.6 Å². The molecule has 1 saturated heterocycles. The molecule has 4 heterocycles. The molecule has 3 aliphatic rings. The Hall–Kier alpha value is -3.99. The topological polar surface area (TPSA) is 129 Å². The van der Waals surface area contributed by atoms with Gasteiger partial charge in [-0.2, -0.15) is 15.1 Å². The number of amides is 2. The van der Waals surface area contributed by atoms with Gasteiger partial charge in [-0.25, -0.2) is 4.79 Å². The zero-order chi connectivity index (χ0) is 25.9. The van der Waals surface area contributed by atoms with Crippen LogP contribution in [0.1, 0.15) is 48.7 Å². The van der Waals surface area contributed by atoms with Crippen molar-refractivity contribution in [1.29, 1.82) is 5.41 Å². The van der Waals surface area contributed by atoms with Crippen LogP contribution in [0.5, 0.6) is 0 Å². The van der Waals surface area contributed by atoms with E-state index in [1.54, 1.807) is 43.3 Å². The van der Waals surface area contributed by atoms with E-state index < -0.39 is 11.9 Å². The van der Waals surface area contributed by atoms with Crippen LogP contribution in [0.25, 0.3) is 17.4 Å². The van der Waals surface area contributed by atoms with E-state index in [-0.39, 0.29) is 35.5 Å². The van der Waals surface area contributed by atoms with E-state index in [0.717, 1.165) is 44.1 Å². The molecule has 1 fully saturated rings. The van der Waals surface area contributed by atoms with Crippen molar-refractivity contribution in [3.8, 4) is 11.3 Å². The van der Waals surface area contributed by atoms with Crippen LogP contribution in [0.3, 0.4) is 0 Å². The summed E-state index contributed by atoms with van der Waals surface area (Å²) in [4.78, 5) is 43.3. The lowest BCUT2D eigenvalue weighted by Gasteiger charge is -2.26. The highest BCUT2D eigenvalue weighted by Gasteiger charge is 2.36. The number of esters is 1. The van der Waals surface area contributed by atoms with Gasteiger partial charge in [0, 0.05) is 18.7 Å². The predicted octanol–water partition coefficient (Wildman–Crippen LogP) is 4.15. The van der Waals surface area contributed by atoms with Crippen molar-refractivity contribution < 1.29 is 23.5 Å². The summed E-state index contributed by atoms with van der Waals surface area (Å²) in [5.41, 5.74) is 1.10. The molecule has 3 aliphatic heterocycles. The normalized spacial score (nSPS) is 18.6. The minimum atomic E-state index is -0.579. The minimum absolute atomic E-state index is 0.00448. The number of hydrazone groups is 1. The summed E-state index contributed by atoms with van der Waals surface area (Å²) in [6, 6.07) is 10.2. The molecule has 1 aromatic heterocycles. The summed E-state index contributed by atoms with van der Waals surface area (Å²) < 4.78 is 10.9. The highest BCUT2D eigenvalue weighted by atomic mass is 32.2. The number of nitrogens with one attached hydrogen (secondary N) is 1. The second-order valence-corrected chi connectivity index (χ2v) is 9.68. The summed E-state index contributed by atoms with van der Waals surface area (Å²) >= 11 is 1.14. The number of hydrogen-bond donors (Lipinski definition) is 1. The van der Waals surface area contributed by atoms with Gasteiger partial charge < -0.3 is 14.1 Å². The number of carbonyl (C=O) groups is 3. The second-order valence-electron chi connectivity index (χ2n) is 8.64. The third-order valence-electron chi connectivity index (χ3n) is 6.08. The first-order valence-electron chi connectivity index (χ1n) is 12.1. The van der Waals surface area contributed by atoms with Gasteiger partial charge in [-0.15, -0.1) is 0 Å². The zero-order valence-electron chi connectivity index (χ0n) is 20.2. The molecule has 1 N–H and O–H groups in total. The van der Waals surface area contributed by atoms with E-state index in [9.17, 15) is 14.4 Å². The molecule has 0 bridgehead atoms. The number of fused-ring (bicyclic) bond motifs is 1. The Balaban J connectivity index is 1.32. The third kappa shape index (κ3) is 5.26. The van der Waals surface area contributed by atoms with E-state index in [2.05, 4.69) is 10.1 Å². The van der Waals surface area contributed by atoms with Gasteiger partial charge in [0.25, 0.3) is 5.91 Å². The van der Waals surface area contributed by atoms with Crippen molar-refractivity contribution >= 4 is 51.7 Å². The number of hydrogen-bond acceptors (Lipinski definition) is 8. The molecule has 0 spiro atoms. The fourth-order valence-electron chi connectivity index (χ4n) is 4.23. The van der Waals surface area contributed by atoms with Gasteiger partial charge in [0.2, 0.25) is 11.1 Å². The largest absolute Gasteiger partial charge is 0.462 e. The lowest BCUT2D eigenvalue weighted by Crippen LogP contribution is -2.36. The first-order chi connectivity index (χ1) is 17.9. The van der Waals surface area contributed by atoms with Crippen LogP contribution < -0.4 is 0 Å². The molecule has 0 radical (unpaired) electrons. The predicted molar refractivity (Wildman–Crippen MR) is 140 cm³/mol. The lowest BCUT2D eigenvalue weighted by atomic mass is 10.1. The van der Waals surface area contributed by atoms with E-state index in [1.165, 1.54) is 11.1 Å². The van der Waals surface area contributed by atoms with Crippen LogP contribution in [0.2, 0.25) is 0 Å². The molecule has 2 amide bonds. The molecule has 0 saturated carbocycles. The summed E-state index contributed by atoms with van der Waals surface area (Å²) in [6.45, 7) is 3.52. The number of carbonyl (C=O) groups excluding carboxylic acids is 3. The summed E-state index contributed by atoms with van der Waals surface area (Å²) in [5, 5.41) is 15.0. The van der Waals surface area contributed by atoms with E-state index >= 15 is 0 Å². The number of aliphatic imine (C=N–C) groups is 1. The lowest BCUT2D eigenvalue weighted by molar-refractivity contribution is -0.130. The van der Waals surface area contributed by atoms with Crippen LogP contribution in [-0.4, -0.2) is 63.4 Å². The fourth-order valence-corrected chi connectivity index (χ4v) is 5.11. The van der Waals surface area contributed by atoms with Crippen LogP contribution in [0.15, 0.2) is 56.5 Å². The molecule has 2 aromatic rings. The maximum Gasteiger partial charge on any atom is 0.338 e. The molecule has 10 nitrogen and oxygen atoms in total. The van der Waals surface area contributed by atoms with Crippen molar-refractivity contribution in [1.82, 2.24) is 9.91 Å². The average Bonchev–Trinajstić information content (AvgIpc) is 3.54. The molecule has 0 aliphatic carbocycles. The molecular weight excluding hydrogens is 494 g/mol. The standard InChI is InChI=1S/C26H25N5O5S/c1-2-35-25(34)17-8-6-7-16(13-17)20-10-9-18(36-20)14-19-23(27)31-26(28-24(19)33)37-21(29-31)15-22(32)30-11-4-3-5-12-30/h6-10,13-14,27H,2-5,11-12,15H2,1H3. The van der Waals surface area contributed by atoms with E-state index in [0.29, 0.717) is 27.7 Å². The first kappa shape index (κ1) is 24.7. The molecule has 5 rings (SSSR count). The Kier molecular flexibility index (Phi) is 7.04. The van der Waals surface area contributed by atoms with Crippen molar-refractivity contribution in [3.05, 3.63) is 53.3 Å². The summed E-state index contributed by atoms with van der Waals surface area (Å²) in [5.74, 6) is -0.302. The third-order valence-corrected chi connectivity index (χ3v) is 6.99. The molecule has 0 atom stereocenters.